The molecule has 0 bridgehead atoms. The molecule has 0 atom stereocenters. The molecule has 70 valence electrons. The van der Waals surface area contributed by atoms with Crippen LogP contribution in [0.2, 0.25) is 0 Å². The number of amides is 1. The highest BCUT2D eigenvalue weighted by Crippen LogP contribution is 2.01. The van der Waals surface area contributed by atoms with Gasteiger partial charge in [-0.15, -0.1) is 10.2 Å². The number of hydrogen-bond donors (Lipinski definition) is 2. The molecule has 0 spiro atoms. The molecule has 1 amide bonds. The van der Waals surface area contributed by atoms with Gasteiger partial charge >= 0.3 is 0 Å². The summed E-state index contributed by atoms with van der Waals surface area (Å²) < 4.78 is 0. The van der Waals surface area contributed by atoms with Gasteiger partial charge < -0.3 is 5.32 Å². The van der Waals surface area contributed by atoms with Crippen molar-refractivity contribution in [2.24, 2.45) is 0 Å². The Morgan fingerprint density at radius 2 is 2.14 bits per heavy atom. The average Bonchev–Trinajstić information content (AvgIpc) is 2.72. The summed E-state index contributed by atoms with van der Waals surface area (Å²) >= 11 is 0. The van der Waals surface area contributed by atoms with E-state index in [1.165, 1.54) is 18.7 Å². The number of nitrogens with zero attached hydrogens (tertiary/aromatic N) is 5. The van der Waals surface area contributed by atoms with E-state index in [4.69, 9.17) is 0 Å². The van der Waals surface area contributed by atoms with Crippen molar-refractivity contribution in [1.29, 1.82) is 0 Å². The normalized spacial score (nSPS) is 9.71. The van der Waals surface area contributed by atoms with Crippen molar-refractivity contribution in [3.8, 4) is 0 Å². The zero-order valence-electron chi connectivity index (χ0n) is 6.88. The number of rotatable bonds is 2. The third-order valence-corrected chi connectivity index (χ3v) is 1.37. The van der Waals surface area contributed by atoms with Crippen molar-refractivity contribution in [3.63, 3.8) is 0 Å². The second-order valence-electron chi connectivity index (χ2n) is 2.32. The molecule has 8 heteroatoms. The number of hydrogen-bond acceptors (Lipinski definition) is 6. The molecule has 0 radical (unpaired) electrons. The molecular formula is C6H5N7O. The number of anilines is 1. The van der Waals surface area contributed by atoms with Gasteiger partial charge in [0.25, 0.3) is 11.7 Å². The van der Waals surface area contributed by atoms with Crippen molar-refractivity contribution < 1.29 is 4.79 Å². The smallest absolute Gasteiger partial charge is 0.297 e. The molecule has 0 aliphatic carbocycles. The van der Waals surface area contributed by atoms with Gasteiger partial charge in [-0.2, -0.15) is 5.21 Å². The SMILES string of the molecule is O=C(Nc1cncnc1)c1nn[nH]n1. The van der Waals surface area contributed by atoms with Gasteiger partial charge in [-0.25, -0.2) is 9.97 Å². The molecule has 2 rings (SSSR count). The van der Waals surface area contributed by atoms with Gasteiger partial charge in [-0.3, -0.25) is 4.79 Å². The monoisotopic (exact) mass is 191 g/mol. The van der Waals surface area contributed by atoms with Gasteiger partial charge in [-0.05, 0) is 5.21 Å². The minimum absolute atomic E-state index is 0.0335. The molecule has 2 aromatic rings. The van der Waals surface area contributed by atoms with E-state index in [0.717, 1.165) is 0 Å². The number of aromatic nitrogens is 6. The topological polar surface area (TPSA) is 109 Å². The first-order valence-electron chi connectivity index (χ1n) is 3.66. The molecule has 2 N–H and O–H groups in total. The van der Waals surface area contributed by atoms with E-state index >= 15 is 0 Å². The lowest BCUT2D eigenvalue weighted by Gasteiger charge is -1.98. The first-order valence-corrected chi connectivity index (χ1v) is 3.66. The van der Waals surface area contributed by atoms with Gasteiger partial charge in [0.15, 0.2) is 0 Å². The second kappa shape index (κ2) is 3.56. The summed E-state index contributed by atoms with van der Waals surface area (Å²) in [7, 11) is 0. The van der Waals surface area contributed by atoms with Crippen molar-refractivity contribution in [2.45, 2.75) is 0 Å². The number of aromatic amines is 1. The molecule has 0 aliphatic heterocycles. The Balaban J connectivity index is 2.10. The van der Waals surface area contributed by atoms with Gasteiger partial charge in [-0.1, -0.05) is 0 Å². The average molecular weight is 191 g/mol. The van der Waals surface area contributed by atoms with Crippen LogP contribution in [-0.2, 0) is 0 Å². The van der Waals surface area contributed by atoms with Crippen LogP contribution in [0.5, 0.6) is 0 Å². The number of H-pyrrole nitrogens is 1. The first kappa shape index (κ1) is 8.23. The zero-order valence-corrected chi connectivity index (χ0v) is 6.88. The highest BCUT2D eigenvalue weighted by Gasteiger charge is 2.10. The molecule has 0 aromatic carbocycles. The Hall–Kier alpha value is -2.38. The van der Waals surface area contributed by atoms with E-state index in [9.17, 15) is 4.79 Å². The van der Waals surface area contributed by atoms with E-state index < -0.39 is 5.91 Å². The molecule has 14 heavy (non-hydrogen) atoms. The van der Waals surface area contributed by atoms with E-state index in [-0.39, 0.29) is 5.82 Å². The maximum atomic E-state index is 11.3. The van der Waals surface area contributed by atoms with Crippen molar-refractivity contribution in [1.82, 2.24) is 30.6 Å². The minimum Gasteiger partial charge on any atom is -0.316 e. The summed E-state index contributed by atoms with van der Waals surface area (Å²) in [6.07, 6.45) is 4.29. The lowest BCUT2D eigenvalue weighted by Crippen LogP contribution is -2.14. The molecule has 0 fully saturated rings. The Bertz CT molecular complexity index is 411. The summed E-state index contributed by atoms with van der Waals surface area (Å²) in [6.45, 7) is 0. The fourth-order valence-corrected chi connectivity index (χ4v) is 0.809. The van der Waals surface area contributed by atoms with Gasteiger partial charge in [0, 0.05) is 0 Å². The summed E-state index contributed by atoms with van der Waals surface area (Å²) in [4.78, 5) is 18.8. The summed E-state index contributed by atoms with van der Waals surface area (Å²) in [5.74, 6) is -0.498. The zero-order chi connectivity index (χ0) is 9.80. The molecule has 2 heterocycles. The third kappa shape index (κ3) is 1.68. The van der Waals surface area contributed by atoms with Crippen LogP contribution in [0, 0.1) is 0 Å². The molecule has 2 aromatic heterocycles. The van der Waals surface area contributed by atoms with E-state index in [1.54, 1.807) is 0 Å². The van der Waals surface area contributed by atoms with Crippen LogP contribution in [0.3, 0.4) is 0 Å². The quantitative estimate of drug-likeness (QED) is 0.645. The summed E-state index contributed by atoms with van der Waals surface area (Å²) in [5.41, 5.74) is 0.474. The van der Waals surface area contributed by atoms with Gasteiger partial charge in [0.2, 0.25) is 0 Å². The third-order valence-electron chi connectivity index (χ3n) is 1.37. The second-order valence-corrected chi connectivity index (χ2v) is 2.32. The molecule has 8 nitrogen and oxygen atoms in total. The minimum atomic E-state index is -0.464. The lowest BCUT2D eigenvalue weighted by molar-refractivity contribution is 0.101. The maximum absolute atomic E-state index is 11.3. The van der Waals surface area contributed by atoms with E-state index in [1.807, 2.05) is 0 Å². The predicted molar refractivity (Wildman–Crippen MR) is 44.2 cm³/mol. The van der Waals surface area contributed by atoms with Crippen LogP contribution >= 0.6 is 0 Å². The molecule has 0 saturated heterocycles. The van der Waals surface area contributed by atoms with Crippen molar-refractivity contribution in [2.75, 3.05) is 5.32 Å². The summed E-state index contributed by atoms with van der Waals surface area (Å²) in [6, 6.07) is 0. The van der Waals surface area contributed by atoms with Gasteiger partial charge in [0.1, 0.15) is 6.33 Å². The van der Waals surface area contributed by atoms with Crippen LogP contribution in [0.25, 0.3) is 0 Å². The highest BCUT2D eigenvalue weighted by atomic mass is 16.2. The van der Waals surface area contributed by atoms with Crippen molar-refractivity contribution in [3.05, 3.63) is 24.5 Å². The number of carbonyl (C=O) groups excluding carboxylic acids is 1. The van der Waals surface area contributed by atoms with Gasteiger partial charge in [0.05, 0.1) is 18.1 Å². The number of nitrogens with one attached hydrogen (secondary N) is 2. The van der Waals surface area contributed by atoms with E-state index in [2.05, 4.69) is 35.9 Å². The van der Waals surface area contributed by atoms with Crippen molar-refractivity contribution >= 4 is 11.6 Å². The van der Waals surface area contributed by atoms with Crippen LogP contribution in [-0.4, -0.2) is 36.5 Å². The largest absolute Gasteiger partial charge is 0.316 e. The van der Waals surface area contributed by atoms with Crippen LogP contribution in [0.1, 0.15) is 10.6 Å². The van der Waals surface area contributed by atoms with E-state index in [0.29, 0.717) is 5.69 Å². The Morgan fingerprint density at radius 1 is 1.36 bits per heavy atom. The predicted octanol–water partition coefficient (Wildman–Crippen LogP) is -0.758. The summed E-state index contributed by atoms with van der Waals surface area (Å²) in [5, 5.41) is 15.0. The molecule has 0 aliphatic rings. The molecule has 0 saturated carbocycles. The van der Waals surface area contributed by atoms with Crippen LogP contribution < -0.4 is 5.32 Å². The first-order chi connectivity index (χ1) is 6.86. The molecule has 0 unspecified atom stereocenters. The van der Waals surface area contributed by atoms with Crippen LogP contribution in [0.15, 0.2) is 18.7 Å². The Kier molecular flexibility index (Phi) is 2.09. The Labute approximate surface area is 77.8 Å². The van der Waals surface area contributed by atoms with Crippen LogP contribution in [0.4, 0.5) is 5.69 Å². The maximum Gasteiger partial charge on any atom is 0.297 e. The standard InChI is InChI=1S/C6H5N7O/c14-6(5-10-12-13-11-5)9-4-1-7-3-8-2-4/h1-3H,(H,9,14)(H,10,11,12,13). The highest BCUT2D eigenvalue weighted by molar-refractivity contribution is 6.01. The molecular weight excluding hydrogens is 186 g/mol. The lowest BCUT2D eigenvalue weighted by atomic mass is 10.5. The fraction of sp³-hybridized carbons (Fsp3) is 0. The number of carbonyl (C=O) groups is 1. The fourth-order valence-electron chi connectivity index (χ4n) is 0.809. The number of tetrazole rings is 1. The Morgan fingerprint density at radius 3 is 2.79 bits per heavy atom.